The first-order valence-corrected chi connectivity index (χ1v) is 7.81. The molecule has 0 aliphatic rings. The second-order valence-corrected chi connectivity index (χ2v) is 5.32. The van der Waals surface area contributed by atoms with E-state index in [9.17, 15) is 0 Å². The fourth-order valence-electron chi connectivity index (χ4n) is 2.21. The van der Waals surface area contributed by atoms with Gasteiger partial charge in [0.25, 0.3) is 0 Å². The van der Waals surface area contributed by atoms with Gasteiger partial charge in [0, 0.05) is 17.8 Å². The van der Waals surface area contributed by atoms with E-state index in [0.717, 1.165) is 30.7 Å². The van der Waals surface area contributed by atoms with Gasteiger partial charge in [0.1, 0.15) is 5.76 Å². The van der Waals surface area contributed by atoms with Gasteiger partial charge in [0.15, 0.2) is 0 Å². The van der Waals surface area contributed by atoms with Crippen LogP contribution in [0.25, 0.3) is 0 Å². The summed E-state index contributed by atoms with van der Waals surface area (Å²) in [5.74, 6) is 1.54. The number of hydrogen-bond donors (Lipinski definition) is 0. The average Bonchev–Trinajstić information content (AvgIpc) is 2.97. The lowest BCUT2D eigenvalue weighted by Gasteiger charge is -2.25. The minimum absolute atomic E-state index is 0.510. The zero-order valence-electron chi connectivity index (χ0n) is 11.3. The van der Waals surface area contributed by atoms with Gasteiger partial charge in [0.2, 0.25) is 0 Å². The van der Waals surface area contributed by atoms with E-state index < -0.39 is 0 Å². The number of halogens is 1. The number of nitrogens with zero attached hydrogens (tertiary/aromatic N) is 1. The Labute approximate surface area is 123 Å². The van der Waals surface area contributed by atoms with Crippen LogP contribution >= 0.6 is 15.9 Å². The van der Waals surface area contributed by atoms with Crippen molar-refractivity contribution >= 4 is 15.9 Å². The Morgan fingerprint density at radius 1 is 1.16 bits per heavy atom. The molecule has 3 heteroatoms. The molecule has 0 saturated carbocycles. The molecule has 0 bridgehead atoms. The van der Waals surface area contributed by atoms with E-state index in [2.05, 4.69) is 58.1 Å². The zero-order valence-corrected chi connectivity index (χ0v) is 12.8. The minimum Gasteiger partial charge on any atom is -0.468 e. The minimum atomic E-state index is 0.510. The van der Waals surface area contributed by atoms with Crippen molar-refractivity contribution in [3.05, 3.63) is 60.1 Å². The highest BCUT2D eigenvalue weighted by molar-refractivity contribution is 9.09. The molecule has 102 valence electrons. The van der Waals surface area contributed by atoms with Crippen molar-refractivity contribution in [3.8, 4) is 0 Å². The standard InChI is InChI=1S/C16H20BrNO/c1-2-18(13-16-9-6-10-19-16)12-15(11-17)14-7-4-3-5-8-14/h3-10,15H,2,11-13H2,1H3. The summed E-state index contributed by atoms with van der Waals surface area (Å²) < 4.78 is 5.43. The number of rotatable bonds is 7. The van der Waals surface area contributed by atoms with Gasteiger partial charge in [0.05, 0.1) is 12.8 Å². The summed E-state index contributed by atoms with van der Waals surface area (Å²) in [5, 5.41) is 0.978. The third kappa shape index (κ3) is 4.22. The molecule has 2 nitrogen and oxygen atoms in total. The molecular formula is C16H20BrNO. The summed E-state index contributed by atoms with van der Waals surface area (Å²) in [6, 6.07) is 14.7. The van der Waals surface area contributed by atoms with Crippen LogP contribution in [-0.2, 0) is 6.54 Å². The van der Waals surface area contributed by atoms with Gasteiger partial charge in [-0.05, 0) is 24.2 Å². The topological polar surface area (TPSA) is 16.4 Å². The molecule has 0 radical (unpaired) electrons. The molecule has 0 spiro atoms. The molecule has 1 heterocycles. The maximum atomic E-state index is 5.43. The van der Waals surface area contributed by atoms with E-state index >= 15 is 0 Å². The van der Waals surface area contributed by atoms with E-state index in [1.165, 1.54) is 5.56 Å². The molecule has 0 N–H and O–H groups in total. The van der Waals surface area contributed by atoms with Gasteiger partial charge in [-0.2, -0.15) is 0 Å². The Kier molecular flexibility index (Phi) is 5.67. The van der Waals surface area contributed by atoms with E-state index in [1.54, 1.807) is 6.26 Å². The van der Waals surface area contributed by atoms with Crippen LogP contribution in [0.4, 0.5) is 0 Å². The molecular weight excluding hydrogens is 302 g/mol. The van der Waals surface area contributed by atoms with Crippen LogP contribution in [0, 0.1) is 0 Å². The summed E-state index contributed by atoms with van der Waals surface area (Å²) in [5.41, 5.74) is 1.39. The average molecular weight is 322 g/mol. The van der Waals surface area contributed by atoms with E-state index in [-0.39, 0.29) is 0 Å². The van der Waals surface area contributed by atoms with Gasteiger partial charge in [-0.25, -0.2) is 0 Å². The molecule has 1 aromatic carbocycles. The number of furan rings is 1. The summed E-state index contributed by atoms with van der Waals surface area (Å²) in [4.78, 5) is 2.41. The molecule has 19 heavy (non-hydrogen) atoms. The monoisotopic (exact) mass is 321 g/mol. The molecule has 1 atom stereocenters. The van der Waals surface area contributed by atoms with Crippen LogP contribution in [-0.4, -0.2) is 23.3 Å². The third-order valence-corrected chi connectivity index (χ3v) is 4.12. The van der Waals surface area contributed by atoms with Gasteiger partial charge < -0.3 is 4.42 Å². The molecule has 0 saturated heterocycles. The highest BCUT2D eigenvalue weighted by Crippen LogP contribution is 2.20. The second kappa shape index (κ2) is 7.51. The van der Waals surface area contributed by atoms with Crippen LogP contribution in [0.5, 0.6) is 0 Å². The summed E-state index contributed by atoms with van der Waals surface area (Å²) in [6.45, 7) is 5.13. The predicted molar refractivity (Wildman–Crippen MR) is 82.6 cm³/mol. The van der Waals surface area contributed by atoms with Crippen molar-refractivity contribution in [2.75, 3.05) is 18.4 Å². The van der Waals surface area contributed by atoms with Crippen LogP contribution < -0.4 is 0 Å². The maximum absolute atomic E-state index is 5.43. The normalized spacial score (nSPS) is 12.8. The highest BCUT2D eigenvalue weighted by atomic mass is 79.9. The van der Waals surface area contributed by atoms with Gasteiger partial charge in [-0.3, -0.25) is 4.90 Å². The first-order chi connectivity index (χ1) is 9.33. The lowest BCUT2D eigenvalue weighted by Crippen LogP contribution is -2.28. The zero-order chi connectivity index (χ0) is 13.5. The molecule has 0 fully saturated rings. The van der Waals surface area contributed by atoms with Crippen molar-refractivity contribution in [1.29, 1.82) is 0 Å². The quantitative estimate of drug-likeness (QED) is 0.708. The Hall–Kier alpha value is -1.06. The SMILES string of the molecule is CCN(Cc1ccco1)CC(CBr)c1ccccc1. The molecule has 1 aromatic heterocycles. The van der Waals surface area contributed by atoms with Crippen molar-refractivity contribution in [3.63, 3.8) is 0 Å². The lowest BCUT2D eigenvalue weighted by molar-refractivity contribution is 0.245. The Balaban J connectivity index is 1.99. The summed E-state index contributed by atoms with van der Waals surface area (Å²) in [7, 11) is 0. The van der Waals surface area contributed by atoms with Gasteiger partial charge in [-0.15, -0.1) is 0 Å². The smallest absolute Gasteiger partial charge is 0.117 e. The van der Waals surface area contributed by atoms with Crippen molar-refractivity contribution in [1.82, 2.24) is 4.90 Å². The van der Waals surface area contributed by atoms with Crippen LogP contribution in [0.2, 0.25) is 0 Å². The Morgan fingerprint density at radius 3 is 2.53 bits per heavy atom. The number of alkyl halides is 1. The molecule has 2 rings (SSSR count). The third-order valence-electron chi connectivity index (χ3n) is 3.34. The van der Waals surface area contributed by atoms with Crippen molar-refractivity contribution < 1.29 is 4.42 Å². The van der Waals surface area contributed by atoms with Crippen molar-refractivity contribution in [2.45, 2.75) is 19.4 Å². The van der Waals surface area contributed by atoms with E-state index in [4.69, 9.17) is 4.42 Å². The van der Waals surface area contributed by atoms with E-state index in [0.29, 0.717) is 5.92 Å². The van der Waals surface area contributed by atoms with Crippen LogP contribution in [0.15, 0.2) is 53.1 Å². The highest BCUT2D eigenvalue weighted by Gasteiger charge is 2.15. The summed E-state index contributed by atoms with van der Waals surface area (Å²) in [6.07, 6.45) is 1.74. The van der Waals surface area contributed by atoms with Gasteiger partial charge in [-0.1, -0.05) is 53.2 Å². The van der Waals surface area contributed by atoms with Crippen LogP contribution in [0.1, 0.15) is 24.2 Å². The van der Waals surface area contributed by atoms with E-state index in [1.807, 2.05) is 12.1 Å². The number of hydrogen-bond acceptors (Lipinski definition) is 2. The number of likely N-dealkylation sites (N-methyl/N-ethyl adjacent to an activating group) is 1. The van der Waals surface area contributed by atoms with Crippen LogP contribution in [0.3, 0.4) is 0 Å². The molecule has 0 aliphatic heterocycles. The molecule has 0 aliphatic carbocycles. The summed E-state index contributed by atoms with van der Waals surface area (Å²) >= 11 is 3.64. The molecule has 2 aromatic rings. The Morgan fingerprint density at radius 2 is 1.95 bits per heavy atom. The number of benzene rings is 1. The Bertz CT molecular complexity index is 455. The first-order valence-electron chi connectivity index (χ1n) is 6.69. The molecule has 1 unspecified atom stereocenters. The fourth-order valence-corrected chi connectivity index (χ4v) is 2.79. The first kappa shape index (κ1) is 14.4. The molecule has 0 amide bonds. The largest absolute Gasteiger partial charge is 0.468 e. The van der Waals surface area contributed by atoms with Crippen molar-refractivity contribution in [2.24, 2.45) is 0 Å². The fraction of sp³-hybridized carbons (Fsp3) is 0.375. The van der Waals surface area contributed by atoms with Gasteiger partial charge >= 0.3 is 0 Å². The maximum Gasteiger partial charge on any atom is 0.117 e. The lowest BCUT2D eigenvalue weighted by atomic mass is 10.0. The second-order valence-electron chi connectivity index (χ2n) is 4.67. The predicted octanol–water partition coefficient (Wildman–Crippen LogP) is 4.28.